The third-order valence-electron chi connectivity index (χ3n) is 4.57. The third-order valence-corrected chi connectivity index (χ3v) is 5.59. The molecule has 26 heavy (non-hydrogen) atoms. The zero-order valence-corrected chi connectivity index (χ0v) is 15.5. The second kappa shape index (κ2) is 7.39. The number of thiazole rings is 1. The molecule has 6 nitrogen and oxygen atoms in total. The molecule has 1 aromatic carbocycles. The number of nitrogens with zero attached hydrogens (tertiary/aromatic N) is 4. The maximum absolute atomic E-state index is 12.5. The first-order chi connectivity index (χ1) is 12.7. The number of benzene rings is 1. The van der Waals surface area contributed by atoms with E-state index >= 15 is 0 Å². The van der Waals surface area contributed by atoms with Crippen molar-refractivity contribution in [1.82, 2.24) is 20.1 Å². The van der Waals surface area contributed by atoms with Crippen LogP contribution < -0.4 is 15.8 Å². The van der Waals surface area contributed by atoms with Crippen LogP contribution in [0, 0.1) is 6.92 Å². The molecule has 0 aliphatic carbocycles. The first kappa shape index (κ1) is 16.9. The number of anilines is 1. The molecule has 1 saturated heterocycles. The summed E-state index contributed by atoms with van der Waals surface area (Å²) in [6.07, 6.45) is 3.63. The van der Waals surface area contributed by atoms with Crippen LogP contribution in [0.2, 0.25) is 0 Å². The molecule has 0 unspecified atom stereocenters. The van der Waals surface area contributed by atoms with Crippen molar-refractivity contribution >= 4 is 17.0 Å². The predicted octanol–water partition coefficient (Wildman–Crippen LogP) is 2.13. The number of piperazine rings is 1. The van der Waals surface area contributed by atoms with Crippen LogP contribution in [-0.2, 0) is 6.54 Å². The summed E-state index contributed by atoms with van der Waals surface area (Å²) in [6, 6.07) is 9.88. The molecule has 1 fully saturated rings. The Balaban J connectivity index is 1.53. The molecule has 0 spiro atoms. The van der Waals surface area contributed by atoms with Crippen molar-refractivity contribution in [2.24, 2.45) is 0 Å². The Labute approximate surface area is 156 Å². The molecule has 4 rings (SSSR count). The van der Waals surface area contributed by atoms with Crippen LogP contribution in [0.3, 0.4) is 0 Å². The smallest absolute Gasteiger partial charge is 0.269 e. The minimum Gasteiger partial charge on any atom is -0.368 e. The van der Waals surface area contributed by atoms with Gasteiger partial charge in [0.15, 0.2) is 0 Å². The summed E-state index contributed by atoms with van der Waals surface area (Å²) in [7, 11) is 0. The van der Waals surface area contributed by atoms with Crippen LogP contribution in [0.4, 0.5) is 5.69 Å². The number of hydrogen-bond donors (Lipinski definition) is 1. The van der Waals surface area contributed by atoms with E-state index in [0.29, 0.717) is 6.54 Å². The van der Waals surface area contributed by atoms with Gasteiger partial charge in [0.1, 0.15) is 5.01 Å². The van der Waals surface area contributed by atoms with Gasteiger partial charge in [-0.1, -0.05) is 24.3 Å². The monoisotopic (exact) mass is 367 g/mol. The van der Waals surface area contributed by atoms with Crippen molar-refractivity contribution in [3.63, 3.8) is 0 Å². The molecule has 7 heteroatoms. The van der Waals surface area contributed by atoms with E-state index in [0.717, 1.165) is 47.3 Å². The standard InChI is InChI=1S/C19H21N5OS/c1-14-4-2-3-5-17(14)19-21-12-16(26-19)13-24-18(25)10-15(11-22-24)23-8-6-20-7-9-23/h2-5,10-12,20H,6-9,13H2,1H3. The van der Waals surface area contributed by atoms with Gasteiger partial charge in [-0.25, -0.2) is 9.67 Å². The Morgan fingerprint density at radius 3 is 2.77 bits per heavy atom. The second-order valence-electron chi connectivity index (χ2n) is 6.39. The average molecular weight is 367 g/mol. The molecule has 0 saturated carbocycles. The van der Waals surface area contributed by atoms with Gasteiger partial charge in [0, 0.05) is 48.9 Å². The summed E-state index contributed by atoms with van der Waals surface area (Å²) in [5.74, 6) is 0. The minimum atomic E-state index is -0.0770. The van der Waals surface area contributed by atoms with E-state index in [9.17, 15) is 4.79 Å². The van der Waals surface area contributed by atoms with Gasteiger partial charge in [0.05, 0.1) is 18.4 Å². The average Bonchev–Trinajstić information content (AvgIpc) is 3.13. The van der Waals surface area contributed by atoms with Gasteiger partial charge < -0.3 is 10.2 Å². The van der Waals surface area contributed by atoms with E-state index < -0.39 is 0 Å². The zero-order valence-electron chi connectivity index (χ0n) is 14.7. The molecule has 3 aromatic rings. The molecule has 0 bridgehead atoms. The Morgan fingerprint density at radius 2 is 2.00 bits per heavy atom. The fourth-order valence-corrected chi connectivity index (χ4v) is 4.09. The fraction of sp³-hybridized carbons (Fsp3) is 0.316. The van der Waals surface area contributed by atoms with Gasteiger partial charge >= 0.3 is 0 Å². The number of rotatable bonds is 4. The molecule has 2 aromatic heterocycles. The molecule has 134 valence electrons. The van der Waals surface area contributed by atoms with Crippen LogP contribution in [-0.4, -0.2) is 40.9 Å². The lowest BCUT2D eigenvalue weighted by Crippen LogP contribution is -2.44. The topological polar surface area (TPSA) is 63.1 Å². The lowest BCUT2D eigenvalue weighted by molar-refractivity contribution is 0.582. The predicted molar refractivity (Wildman–Crippen MR) is 105 cm³/mol. The van der Waals surface area contributed by atoms with Gasteiger partial charge in [-0.3, -0.25) is 4.79 Å². The maximum atomic E-state index is 12.5. The minimum absolute atomic E-state index is 0.0770. The highest BCUT2D eigenvalue weighted by Crippen LogP contribution is 2.27. The van der Waals surface area contributed by atoms with Gasteiger partial charge in [-0.05, 0) is 12.5 Å². The van der Waals surface area contributed by atoms with Crippen molar-refractivity contribution < 1.29 is 0 Å². The quantitative estimate of drug-likeness (QED) is 0.765. The Bertz CT molecular complexity index is 958. The van der Waals surface area contributed by atoms with Crippen LogP contribution in [0.25, 0.3) is 10.6 Å². The maximum Gasteiger partial charge on any atom is 0.269 e. The van der Waals surface area contributed by atoms with E-state index in [1.54, 1.807) is 23.6 Å². The van der Waals surface area contributed by atoms with E-state index in [-0.39, 0.29) is 5.56 Å². The first-order valence-electron chi connectivity index (χ1n) is 8.74. The van der Waals surface area contributed by atoms with Gasteiger partial charge in [-0.2, -0.15) is 5.10 Å². The van der Waals surface area contributed by atoms with E-state index in [4.69, 9.17) is 0 Å². The third kappa shape index (κ3) is 3.54. The lowest BCUT2D eigenvalue weighted by atomic mass is 10.1. The highest BCUT2D eigenvalue weighted by molar-refractivity contribution is 7.15. The molecule has 0 amide bonds. The number of hydrogen-bond acceptors (Lipinski definition) is 6. The summed E-state index contributed by atoms with van der Waals surface area (Å²) in [4.78, 5) is 20.2. The van der Waals surface area contributed by atoms with E-state index in [1.165, 1.54) is 10.2 Å². The SMILES string of the molecule is Cc1ccccc1-c1ncc(Cn2ncc(N3CCNCC3)cc2=O)s1. The van der Waals surface area contributed by atoms with Crippen molar-refractivity contribution in [2.45, 2.75) is 13.5 Å². The Morgan fingerprint density at radius 1 is 1.19 bits per heavy atom. The van der Waals surface area contributed by atoms with Gasteiger partial charge in [0.25, 0.3) is 5.56 Å². The summed E-state index contributed by atoms with van der Waals surface area (Å²) in [5.41, 5.74) is 3.16. The number of aryl methyl sites for hydroxylation is 1. The molecule has 1 N–H and O–H groups in total. The van der Waals surface area contributed by atoms with E-state index in [1.807, 2.05) is 18.3 Å². The highest BCUT2D eigenvalue weighted by Gasteiger charge is 2.13. The molecular formula is C19H21N5OS. The number of aromatic nitrogens is 3. The molecule has 3 heterocycles. The van der Waals surface area contributed by atoms with Crippen molar-refractivity contribution in [1.29, 1.82) is 0 Å². The lowest BCUT2D eigenvalue weighted by Gasteiger charge is -2.28. The van der Waals surface area contributed by atoms with Gasteiger partial charge in [-0.15, -0.1) is 11.3 Å². The van der Waals surface area contributed by atoms with Crippen LogP contribution in [0.5, 0.6) is 0 Å². The molecular weight excluding hydrogens is 346 g/mol. The summed E-state index contributed by atoms with van der Waals surface area (Å²) < 4.78 is 1.50. The largest absolute Gasteiger partial charge is 0.368 e. The Kier molecular flexibility index (Phi) is 4.81. The normalized spacial score (nSPS) is 14.6. The van der Waals surface area contributed by atoms with Crippen molar-refractivity contribution in [2.75, 3.05) is 31.1 Å². The van der Waals surface area contributed by atoms with E-state index in [2.05, 4.69) is 39.4 Å². The van der Waals surface area contributed by atoms with Gasteiger partial charge in [0.2, 0.25) is 0 Å². The Hall–Kier alpha value is -2.51. The van der Waals surface area contributed by atoms with Crippen LogP contribution in [0.15, 0.2) is 47.5 Å². The second-order valence-corrected chi connectivity index (χ2v) is 7.51. The molecule has 1 aliphatic heterocycles. The highest BCUT2D eigenvalue weighted by atomic mass is 32.1. The zero-order chi connectivity index (χ0) is 17.9. The van der Waals surface area contributed by atoms with Crippen LogP contribution >= 0.6 is 11.3 Å². The summed E-state index contributed by atoms with van der Waals surface area (Å²) in [6.45, 7) is 6.21. The summed E-state index contributed by atoms with van der Waals surface area (Å²) in [5, 5.41) is 8.66. The fourth-order valence-electron chi connectivity index (χ4n) is 3.10. The molecule has 0 atom stereocenters. The summed E-state index contributed by atoms with van der Waals surface area (Å²) >= 11 is 1.61. The van der Waals surface area contributed by atoms with Crippen molar-refractivity contribution in [3.05, 3.63) is 63.5 Å². The van der Waals surface area contributed by atoms with Crippen molar-refractivity contribution in [3.8, 4) is 10.6 Å². The molecule has 1 aliphatic rings. The molecule has 0 radical (unpaired) electrons. The first-order valence-corrected chi connectivity index (χ1v) is 9.56. The number of nitrogens with one attached hydrogen (secondary N) is 1. The van der Waals surface area contributed by atoms with Crippen LogP contribution in [0.1, 0.15) is 10.4 Å².